The zero-order valence-corrected chi connectivity index (χ0v) is 14.0. The van der Waals surface area contributed by atoms with E-state index in [1.165, 1.54) is 7.11 Å². The molecule has 0 saturated heterocycles. The fourth-order valence-electron chi connectivity index (χ4n) is 2.07. The van der Waals surface area contributed by atoms with Crippen LogP contribution in [0.4, 0.5) is 0 Å². The van der Waals surface area contributed by atoms with Gasteiger partial charge in [-0.3, -0.25) is 9.59 Å². The Labute approximate surface area is 145 Å². The molecule has 2 aromatic rings. The normalized spacial score (nSPS) is 9.52. The van der Waals surface area contributed by atoms with Crippen LogP contribution in [0.3, 0.4) is 0 Å². The summed E-state index contributed by atoms with van der Waals surface area (Å²) in [5.41, 5.74) is 6.72. The van der Waals surface area contributed by atoms with Gasteiger partial charge in [0.25, 0.3) is 5.91 Å². The molecule has 128 valence electrons. The minimum Gasteiger partial charge on any atom is -0.497 e. The number of carbonyl (C=O) groups is 2. The van der Waals surface area contributed by atoms with Crippen molar-refractivity contribution in [2.75, 3.05) is 20.8 Å². The van der Waals surface area contributed by atoms with Gasteiger partial charge < -0.3 is 20.5 Å². The first kappa shape index (κ1) is 17.9. The van der Waals surface area contributed by atoms with Crippen molar-refractivity contribution in [3.63, 3.8) is 0 Å². The van der Waals surface area contributed by atoms with Crippen molar-refractivity contribution in [3.8, 4) is 23.3 Å². The van der Waals surface area contributed by atoms with Gasteiger partial charge in [0.05, 0.1) is 26.3 Å². The van der Waals surface area contributed by atoms with Gasteiger partial charge in [-0.05, 0) is 36.4 Å². The third-order valence-electron chi connectivity index (χ3n) is 3.39. The molecule has 0 spiro atoms. The summed E-state index contributed by atoms with van der Waals surface area (Å²) < 4.78 is 10.3. The quantitative estimate of drug-likeness (QED) is 0.810. The maximum Gasteiger partial charge on any atom is 0.255 e. The van der Waals surface area contributed by atoms with Crippen LogP contribution < -0.4 is 20.5 Å². The Morgan fingerprint density at radius 2 is 1.80 bits per heavy atom. The van der Waals surface area contributed by atoms with Gasteiger partial charge in [0, 0.05) is 17.2 Å². The number of hydrogen-bond acceptors (Lipinski definition) is 4. The molecule has 0 bridgehead atoms. The number of rotatable bonds is 5. The number of carbonyl (C=O) groups excluding carboxylic acids is 2. The third kappa shape index (κ3) is 4.75. The molecule has 25 heavy (non-hydrogen) atoms. The molecular weight excluding hydrogens is 320 g/mol. The summed E-state index contributed by atoms with van der Waals surface area (Å²) in [6, 6.07) is 11.6. The predicted molar refractivity (Wildman–Crippen MR) is 93.7 cm³/mol. The second-order valence-corrected chi connectivity index (χ2v) is 4.99. The van der Waals surface area contributed by atoms with Gasteiger partial charge in [-0.25, -0.2) is 0 Å². The Morgan fingerprint density at radius 1 is 1.08 bits per heavy atom. The summed E-state index contributed by atoms with van der Waals surface area (Å²) in [7, 11) is 3.03. The Hall–Kier alpha value is -3.46. The van der Waals surface area contributed by atoms with Crippen LogP contribution in [-0.4, -0.2) is 32.6 Å². The highest BCUT2D eigenvalue weighted by Gasteiger charge is 2.12. The summed E-state index contributed by atoms with van der Waals surface area (Å²) in [5, 5.41) is 2.70. The summed E-state index contributed by atoms with van der Waals surface area (Å²) in [4.78, 5) is 23.2. The molecular formula is C19H18N2O4. The number of nitrogens with one attached hydrogen (secondary N) is 1. The molecule has 2 amide bonds. The highest BCUT2D eigenvalue weighted by molar-refractivity contribution is 5.97. The van der Waals surface area contributed by atoms with Gasteiger partial charge in [-0.15, -0.1) is 0 Å². The van der Waals surface area contributed by atoms with E-state index in [1.807, 2.05) is 0 Å². The number of benzene rings is 2. The van der Waals surface area contributed by atoms with Gasteiger partial charge in [0.15, 0.2) is 0 Å². The first-order valence-electron chi connectivity index (χ1n) is 7.44. The van der Waals surface area contributed by atoms with E-state index in [2.05, 4.69) is 17.2 Å². The number of amides is 2. The summed E-state index contributed by atoms with van der Waals surface area (Å²) >= 11 is 0. The molecule has 6 nitrogen and oxygen atoms in total. The third-order valence-corrected chi connectivity index (χ3v) is 3.39. The number of hydrogen-bond donors (Lipinski definition) is 2. The lowest BCUT2D eigenvalue weighted by Crippen LogP contribution is -2.24. The summed E-state index contributed by atoms with van der Waals surface area (Å²) in [5.74, 6) is 5.99. The van der Waals surface area contributed by atoms with Crippen LogP contribution >= 0.6 is 0 Å². The maximum absolute atomic E-state index is 12.2. The van der Waals surface area contributed by atoms with Crippen molar-refractivity contribution in [1.82, 2.24) is 5.32 Å². The molecule has 0 aliphatic heterocycles. The lowest BCUT2D eigenvalue weighted by molar-refractivity contribution is 0.0954. The second kappa shape index (κ2) is 8.41. The lowest BCUT2D eigenvalue weighted by atomic mass is 10.1. The Morgan fingerprint density at radius 3 is 2.40 bits per heavy atom. The van der Waals surface area contributed by atoms with E-state index in [0.717, 1.165) is 5.56 Å². The number of primary amides is 1. The van der Waals surface area contributed by atoms with Crippen LogP contribution in [0.5, 0.6) is 11.5 Å². The Balaban J connectivity index is 1.98. The minimum absolute atomic E-state index is 0.172. The zero-order chi connectivity index (χ0) is 18.2. The molecule has 0 aromatic heterocycles. The largest absolute Gasteiger partial charge is 0.497 e. The highest BCUT2D eigenvalue weighted by Crippen LogP contribution is 2.24. The van der Waals surface area contributed by atoms with Crippen LogP contribution in [0.2, 0.25) is 0 Å². The lowest BCUT2D eigenvalue weighted by Gasteiger charge is -2.09. The Bertz CT molecular complexity index is 833. The van der Waals surface area contributed by atoms with Gasteiger partial charge in [-0.1, -0.05) is 11.8 Å². The molecule has 0 saturated carbocycles. The van der Waals surface area contributed by atoms with E-state index in [4.69, 9.17) is 15.2 Å². The van der Waals surface area contributed by atoms with Crippen molar-refractivity contribution in [1.29, 1.82) is 0 Å². The average Bonchev–Trinajstić information content (AvgIpc) is 2.64. The smallest absolute Gasteiger partial charge is 0.255 e. The standard InChI is InChI=1S/C19H18N2O4/c1-24-15-9-10-16(17(12-15)25-2)19(23)21-11-3-4-13-5-7-14(8-6-13)18(20)22/h5-10,12H,11H2,1-2H3,(H2,20,22)(H,21,23). The molecule has 6 heteroatoms. The highest BCUT2D eigenvalue weighted by atomic mass is 16.5. The number of nitrogens with two attached hydrogens (primary N) is 1. The first-order valence-corrected chi connectivity index (χ1v) is 7.44. The van der Waals surface area contributed by atoms with Crippen LogP contribution in [0.15, 0.2) is 42.5 Å². The van der Waals surface area contributed by atoms with Crippen molar-refractivity contribution in [3.05, 3.63) is 59.2 Å². The topological polar surface area (TPSA) is 90.6 Å². The van der Waals surface area contributed by atoms with Crippen LogP contribution in [-0.2, 0) is 0 Å². The molecule has 2 aromatic carbocycles. The van der Waals surface area contributed by atoms with E-state index in [-0.39, 0.29) is 12.5 Å². The summed E-state index contributed by atoms with van der Waals surface area (Å²) in [6.07, 6.45) is 0. The van der Waals surface area contributed by atoms with E-state index in [9.17, 15) is 9.59 Å². The molecule has 0 fully saturated rings. The monoisotopic (exact) mass is 338 g/mol. The molecule has 0 radical (unpaired) electrons. The second-order valence-electron chi connectivity index (χ2n) is 4.99. The van der Waals surface area contributed by atoms with Crippen molar-refractivity contribution >= 4 is 11.8 Å². The molecule has 0 aliphatic rings. The SMILES string of the molecule is COc1ccc(C(=O)NCC#Cc2ccc(C(N)=O)cc2)c(OC)c1. The van der Waals surface area contributed by atoms with E-state index in [1.54, 1.807) is 49.6 Å². The Kier molecular flexibility index (Phi) is 6.02. The molecule has 2 rings (SSSR count). The fraction of sp³-hybridized carbons (Fsp3) is 0.158. The van der Waals surface area contributed by atoms with Crippen LogP contribution in [0, 0.1) is 11.8 Å². The fourth-order valence-corrected chi connectivity index (χ4v) is 2.07. The van der Waals surface area contributed by atoms with E-state index >= 15 is 0 Å². The van der Waals surface area contributed by atoms with Crippen molar-refractivity contribution in [2.45, 2.75) is 0 Å². The van der Waals surface area contributed by atoms with Gasteiger partial charge in [0.2, 0.25) is 5.91 Å². The van der Waals surface area contributed by atoms with E-state index < -0.39 is 5.91 Å². The van der Waals surface area contributed by atoms with Gasteiger partial charge >= 0.3 is 0 Å². The first-order chi connectivity index (χ1) is 12.0. The predicted octanol–water partition coefficient (Wildman–Crippen LogP) is 1.58. The molecule has 3 N–H and O–H groups in total. The summed E-state index contributed by atoms with van der Waals surface area (Å²) in [6.45, 7) is 0.172. The molecule has 0 aliphatic carbocycles. The van der Waals surface area contributed by atoms with Crippen molar-refractivity contribution in [2.24, 2.45) is 5.73 Å². The van der Waals surface area contributed by atoms with Gasteiger partial charge in [-0.2, -0.15) is 0 Å². The minimum atomic E-state index is -0.486. The number of ether oxygens (including phenoxy) is 2. The van der Waals surface area contributed by atoms with Crippen molar-refractivity contribution < 1.29 is 19.1 Å². The van der Waals surface area contributed by atoms with E-state index in [0.29, 0.717) is 22.6 Å². The van der Waals surface area contributed by atoms with Crippen LogP contribution in [0.25, 0.3) is 0 Å². The molecule has 0 atom stereocenters. The maximum atomic E-state index is 12.2. The average molecular weight is 338 g/mol. The van der Waals surface area contributed by atoms with Gasteiger partial charge in [0.1, 0.15) is 11.5 Å². The molecule has 0 heterocycles. The molecule has 0 unspecified atom stereocenters. The zero-order valence-electron chi connectivity index (χ0n) is 14.0. The van der Waals surface area contributed by atoms with Crippen LogP contribution in [0.1, 0.15) is 26.3 Å². The number of methoxy groups -OCH3 is 2.